The van der Waals surface area contributed by atoms with E-state index in [-0.39, 0.29) is 17.0 Å². The maximum atomic E-state index is 11.8. The highest BCUT2D eigenvalue weighted by molar-refractivity contribution is 5.69. The smallest absolute Gasteiger partial charge is 0.408 e. The third-order valence-electron chi connectivity index (χ3n) is 3.74. The van der Waals surface area contributed by atoms with Gasteiger partial charge in [0.05, 0.1) is 5.54 Å². The van der Waals surface area contributed by atoms with Crippen LogP contribution < -0.4 is 10.6 Å². The van der Waals surface area contributed by atoms with E-state index in [1.54, 1.807) is 0 Å². The predicted molar refractivity (Wildman–Crippen MR) is 62.3 cm³/mol. The summed E-state index contributed by atoms with van der Waals surface area (Å²) in [7, 11) is 0. The molecule has 1 unspecified atom stereocenters. The van der Waals surface area contributed by atoms with Gasteiger partial charge in [0.1, 0.15) is 5.60 Å². The lowest BCUT2D eigenvalue weighted by Crippen LogP contribution is -2.54. The monoisotopic (exact) mass is 226 g/mol. The lowest BCUT2D eigenvalue weighted by molar-refractivity contribution is 0.0439. The minimum absolute atomic E-state index is 0.144. The second-order valence-electron chi connectivity index (χ2n) is 6.34. The Hall–Kier alpha value is -0.770. The third-order valence-corrected chi connectivity index (χ3v) is 3.74. The molecule has 4 heteroatoms. The number of nitrogens with one attached hydrogen (secondary N) is 2. The van der Waals surface area contributed by atoms with Gasteiger partial charge in [-0.05, 0) is 40.5 Å². The average molecular weight is 226 g/mol. The van der Waals surface area contributed by atoms with Crippen LogP contribution in [0.15, 0.2) is 0 Å². The highest BCUT2D eigenvalue weighted by Gasteiger charge is 2.60. The molecule has 2 fully saturated rings. The Labute approximate surface area is 97.1 Å². The minimum atomic E-state index is -0.427. The Morgan fingerprint density at radius 2 is 1.94 bits per heavy atom. The van der Waals surface area contributed by atoms with E-state index in [4.69, 9.17) is 4.74 Å². The first-order chi connectivity index (χ1) is 7.27. The molecule has 0 aromatic rings. The van der Waals surface area contributed by atoms with Crippen LogP contribution in [0.3, 0.4) is 0 Å². The van der Waals surface area contributed by atoms with Gasteiger partial charge in [0, 0.05) is 18.5 Å². The van der Waals surface area contributed by atoms with Crippen molar-refractivity contribution in [2.75, 3.05) is 13.1 Å². The molecule has 2 rings (SSSR count). The largest absolute Gasteiger partial charge is 0.444 e. The van der Waals surface area contributed by atoms with Gasteiger partial charge in [-0.1, -0.05) is 0 Å². The van der Waals surface area contributed by atoms with Crippen molar-refractivity contribution in [2.24, 2.45) is 5.41 Å². The van der Waals surface area contributed by atoms with Crippen LogP contribution in [0.4, 0.5) is 4.79 Å². The van der Waals surface area contributed by atoms with Gasteiger partial charge in [-0.2, -0.15) is 0 Å². The fourth-order valence-corrected chi connectivity index (χ4v) is 2.52. The highest BCUT2D eigenvalue weighted by Crippen LogP contribution is 2.55. The molecule has 0 radical (unpaired) electrons. The van der Waals surface area contributed by atoms with Gasteiger partial charge in [-0.15, -0.1) is 0 Å². The fourth-order valence-electron chi connectivity index (χ4n) is 2.52. The van der Waals surface area contributed by atoms with Gasteiger partial charge in [0.15, 0.2) is 0 Å². The Morgan fingerprint density at radius 1 is 1.31 bits per heavy atom. The zero-order chi connectivity index (χ0) is 12.0. The topological polar surface area (TPSA) is 50.4 Å². The quantitative estimate of drug-likeness (QED) is 0.715. The van der Waals surface area contributed by atoms with Gasteiger partial charge in [0.25, 0.3) is 0 Å². The first kappa shape index (κ1) is 11.7. The van der Waals surface area contributed by atoms with E-state index in [1.807, 2.05) is 20.8 Å². The molecule has 1 saturated heterocycles. The number of hydrogen-bond donors (Lipinski definition) is 2. The van der Waals surface area contributed by atoms with Gasteiger partial charge in [-0.3, -0.25) is 0 Å². The van der Waals surface area contributed by atoms with Crippen LogP contribution in [-0.4, -0.2) is 30.3 Å². The van der Waals surface area contributed by atoms with E-state index in [9.17, 15) is 4.79 Å². The summed E-state index contributed by atoms with van der Waals surface area (Å²) >= 11 is 0. The summed E-state index contributed by atoms with van der Waals surface area (Å²) in [6.07, 6.45) is 2.10. The number of alkyl carbamates (subject to hydrolysis) is 1. The van der Waals surface area contributed by atoms with Crippen LogP contribution in [-0.2, 0) is 4.74 Å². The molecule has 92 valence electrons. The van der Waals surface area contributed by atoms with E-state index >= 15 is 0 Å². The molecule has 1 aliphatic heterocycles. The molecule has 0 aromatic carbocycles. The third kappa shape index (κ3) is 2.03. The maximum Gasteiger partial charge on any atom is 0.408 e. The number of amides is 1. The van der Waals surface area contributed by atoms with Gasteiger partial charge >= 0.3 is 6.09 Å². The van der Waals surface area contributed by atoms with Gasteiger partial charge in [0.2, 0.25) is 0 Å². The summed E-state index contributed by atoms with van der Waals surface area (Å²) < 4.78 is 5.31. The van der Waals surface area contributed by atoms with Crippen molar-refractivity contribution < 1.29 is 9.53 Å². The van der Waals surface area contributed by atoms with Crippen LogP contribution in [0.2, 0.25) is 0 Å². The Balaban J connectivity index is 1.96. The van der Waals surface area contributed by atoms with Gasteiger partial charge < -0.3 is 15.4 Å². The van der Waals surface area contributed by atoms with Gasteiger partial charge in [-0.25, -0.2) is 4.79 Å². The Morgan fingerprint density at radius 3 is 2.44 bits per heavy atom. The summed E-state index contributed by atoms with van der Waals surface area (Å²) in [5.41, 5.74) is -0.289. The lowest BCUT2D eigenvalue weighted by atomic mass is 9.86. The molecular formula is C12H22N2O2. The van der Waals surface area contributed by atoms with Crippen molar-refractivity contribution in [1.29, 1.82) is 0 Å². The van der Waals surface area contributed by atoms with Crippen LogP contribution in [0.25, 0.3) is 0 Å². The number of rotatable bonds is 1. The van der Waals surface area contributed by atoms with Crippen molar-refractivity contribution in [2.45, 2.75) is 51.7 Å². The molecule has 2 aliphatic rings. The van der Waals surface area contributed by atoms with E-state index in [0.717, 1.165) is 13.1 Å². The molecule has 0 aromatic heterocycles. The summed E-state index contributed by atoms with van der Waals surface area (Å²) in [6.45, 7) is 9.62. The normalized spacial score (nSPS) is 31.5. The number of carbonyl (C=O) groups is 1. The van der Waals surface area contributed by atoms with E-state index in [2.05, 4.69) is 17.6 Å². The average Bonchev–Trinajstić information content (AvgIpc) is 2.74. The van der Waals surface area contributed by atoms with Crippen LogP contribution >= 0.6 is 0 Å². The zero-order valence-electron chi connectivity index (χ0n) is 10.6. The number of carbonyl (C=O) groups excluding carboxylic acids is 1. The molecule has 0 bridgehead atoms. The molecule has 2 N–H and O–H groups in total. The van der Waals surface area contributed by atoms with E-state index < -0.39 is 5.60 Å². The van der Waals surface area contributed by atoms with Crippen molar-refractivity contribution in [3.63, 3.8) is 0 Å². The van der Waals surface area contributed by atoms with Crippen molar-refractivity contribution in [3.05, 3.63) is 0 Å². The zero-order valence-corrected chi connectivity index (χ0v) is 10.6. The molecule has 1 spiro atoms. The molecule has 1 amide bonds. The lowest BCUT2D eigenvalue weighted by Gasteiger charge is -2.33. The van der Waals surface area contributed by atoms with Crippen LogP contribution in [0.1, 0.15) is 40.5 Å². The SMILES string of the molecule is CC(C)(C)OC(=O)NC1(C)CNCC12CC2. The van der Waals surface area contributed by atoms with Crippen molar-refractivity contribution in [3.8, 4) is 0 Å². The van der Waals surface area contributed by atoms with Crippen molar-refractivity contribution >= 4 is 6.09 Å². The minimum Gasteiger partial charge on any atom is -0.444 e. The van der Waals surface area contributed by atoms with Crippen LogP contribution in [0.5, 0.6) is 0 Å². The first-order valence-electron chi connectivity index (χ1n) is 5.98. The number of ether oxygens (including phenoxy) is 1. The molecular weight excluding hydrogens is 204 g/mol. The molecule has 1 aliphatic carbocycles. The highest BCUT2D eigenvalue weighted by atomic mass is 16.6. The second-order valence-corrected chi connectivity index (χ2v) is 6.34. The predicted octanol–water partition coefficient (Wildman–Crippen LogP) is 1.65. The maximum absolute atomic E-state index is 11.8. The van der Waals surface area contributed by atoms with Crippen LogP contribution in [0, 0.1) is 5.41 Å². The number of hydrogen-bond acceptors (Lipinski definition) is 3. The summed E-state index contributed by atoms with van der Waals surface area (Å²) in [5, 5.41) is 6.40. The summed E-state index contributed by atoms with van der Waals surface area (Å²) in [6, 6.07) is 0. The van der Waals surface area contributed by atoms with Crippen molar-refractivity contribution in [1.82, 2.24) is 10.6 Å². The summed E-state index contributed by atoms with van der Waals surface area (Å²) in [4.78, 5) is 11.8. The molecule has 1 atom stereocenters. The standard InChI is InChI=1S/C12H22N2O2/c1-10(2,3)16-9(15)14-11(4)7-13-8-12(11)5-6-12/h13H,5-8H2,1-4H3,(H,14,15). The van der Waals surface area contributed by atoms with E-state index in [0.29, 0.717) is 0 Å². The Bertz CT molecular complexity index is 305. The molecule has 1 heterocycles. The second kappa shape index (κ2) is 3.36. The molecule has 4 nitrogen and oxygen atoms in total. The van der Waals surface area contributed by atoms with E-state index in [1.165, 1.54) is 12.8 Å². The Kier molecular flexibility index (Phi) is 2.46. The first-order valence-corrected chi connectivity index (χ1v) is 5.98. The molecule has 1 saturated carbocycles. The summed E-state index contributed by atoms with van der Waals surface area (Å²) in [5.74, 6) is 0. The fraction of sp³-hybridized carbons (Fsp3) is 0.917. The molecule has 16 heavy (non-hydrogen) atoms.